The van der Waals surface area contributed by atoms with E-state index in [2.05, 4.69) is 5.09 Å². The van der Waals surface area contributed by atoms with Crippen LogP contribution in [0.25, 0.3) is 0 Å². The van der Waals surface area contributed by atoms with E-state index in [1.54, 1.807) is 6.92 Å². The molecule has 1 N–H and O–H groups in total. The second-order valence-electron chi connectivity index (χ2n) is 5.63. The number of carbonyl (C=O) groups excluding carboxylic acids is 1. The van der Waals surface area contributed by atoms with Crippen LogP contribution in [0, 0.1) is 0 Å². The van der Waals surface area contributed by atoms with Gasteiger partial charge in [0.05, 0.1) is 6.10 Å². The molecule has 2 atom stereocenters. The largest absolute Gasteiger partial charge is 0.462 e. The van der Waals surface area contributed by atoms with E-state index in [1.807, 2.05) is 74.5 Å². The molecule has 6 heteroatoms. The summed E-state index contributed by atoms with van der Waals surface area (Å²) >= 11 is 5.83. The van der Waals surface area contributed by atoms with Gasteiger partial charge in [-0.05, 0) is 56.8 Å². The van der Waals surface area contributed by atoms with E-state index in [1.165, 1.54) is 0 Å². The van der Waals surface area contributed by atoms with Gasteiger partial charge in [-0.1, -0.05) is 36.4 Å². The van der Waals surface area contributed by atoms with Crippen molar-refractivity contribution >= 4 is 29.5 Å². The monoisotopic (exact) mass is 363 g/mol. The van der Waals surface area contributed by atoms with Gasteiger partial charge in [0, 0.05) is 5.30 Å². The first-order chi connectivity index (χ1) is 11.4. The number of ether oxygens (including phenoxy) is 1. The van der Waals surface area contributed by atoms with Gasteiger partial charge in [-0.2, -0.15) is 0 Å². The van der Waals surface area contributed by atoms with Crippen molar-refractivity contribution in [1.29, 1.82) is 0 Å². The van der Waals surface area contributed by atoms with Crippen LogP contribution < -0.4 is 14.9 Å². The minimum absolute atomic E-state index is 0.175. The Bertz CT molecular complexity index is 707. The van der Waals surface area contributed by atoms with Gasteiger partial charge in [0.25, 0.3) is 0 Å². The Kier molecular flexibility index (Phi) is 6.55. The molecule has 128 valence electrons. The fraction of sp³-hybridized carbons (Fsp3) is 0.278. The Morgan fingerprint density at radius 1 is 1.00 bits per heavy atom. The molecule has 24 heavy (non-hydrogen) atoms. The van der Waals surface area contributed by atoms with Crippen LogP contribution in [0.1, 0.15) is 20.8 Å². The highest BCUT2D eigenvalue weighted by molar-refractivity contribution is 8.15. The van der Waals surface area contributed by atoms with Crippen molar-refractivity contribution in [3.63, 3.8) is 0 Å². The minimum Gasteiger partial charge on any atom is -0.462 e. The maximum Gasteiger partial charge on any atom is 0.323 e. The number of para-hydroxylation sites is 1. The first kappa shape index (κ1) is 18.7. The first-order valence-electron chi connectivity index (χ1n) is 7.79. The second kappa shape index (κ2) is 8.43. The predicted octanol–water partition coefficient (Wildman–Crippen LogP) is 3.63. The molecule has 2 aromatic rings. The zero-order valence-electron chi connectivity index (χ0n) is 14.0. The SMILES string of the molecule is CC(C)OC(=O)[C@H](C)NP(=S)(Oc1ccccc1)c1ccccc1. The number of esters is 1. The highest BCUT2D eigenvalue weighted by Gasteiger charge is 2.28. The molecule has 0 spiro atoms. The van der Waals surface area contributed by atoms with Crippen molar-refractivity contribution in [2.75, 3.05) is 0 Å². The van der Waals surface area contributed by atoms with Crippen LogP contribution in [-0.2, 0) is 21.3 Å². The lowest BCUT2D eigenvalue weighted by Gasteiger charge is -2.27. The highest BCUT2D eigenvalue weighted by Crippen LogP contribution is 2.42. The molecule has 2 rings (SSSR count). The van der Waals surface area contributed by atoms with Gasteiger partial charge in [-0.3, -0.25) is 4.79 Å². The molecule has 0 aliphatic rings. The summed E-state index contributed by atoms with van der Waals surface area (Å²) in [5.74, 6) is 0.327. The highest BCUT2D eigenvalue weighted by atomic mass is 32.4. The molecule has 0 amide bonds. The summed E-state index contributed by atoms with van der Waals surface area (Å²) in [5, 5.41) is 4.05. The average Bonchev–Trinajstić information content (AvgIpc) is 2.56. The molecule has 0 fully saturated rings. The Balaban J connectivity index is 2.26. The molecule has 1 unspecified atom stereocenters. The van der Waals surface area contributed by atoms with E-state index in [0.717, 1.165) is 5.30 Å². The van der Waals surface area contributed by atoms with Crippen LogP contribution in [0.3, 0.4) is 0 Å². The van der Waals surface area contributed by atoms with Gasteiger partial charge in [0.15, 0.2) is 0 Å². The molecule has 0 saturated heterocycles. The summed E-state index contributed by atoms with van der Waals surface area (Å²) in [4.78, 5) is 12.1. The maximum absolute atomic E-state index is 12.1. The van der Waals surface area contributed by atoms with E-state index in [4.69, 9.17) is 21.1 Å². The fourth-order valence-electron chi connectivity index (χ4n) is 2.05. The molecule has 4 nitrogen and oxygen atoms in total. The molecule has 2 aromatic carbocycles. The van der Waals surface area contributed by atoms with Gasteiger partial charge in [-0.25, -0.2) is 5.09 Å². The Morgan fingerprint density at radius 3 is 2.08 bits per heavy atom. The Hall–Kier alpha value is -1.68. The predicted molar refractivity (Wildman–Crippen MR) is 101 cm³/mol. The van der Waals surface area contributed by atoms with Gasteiger partial charge in [0.1, 0.15) is 11.8 Å². The van der Waals surface area contributed by atoms with Gasteiger partial charge >= 0.3 is 5.97 Å². The number of rotatable bonds is 7. The van der Waals surface area contributed by atoms with Gasteiger partial charge < -0.3 is 9.26 Å². The van der Waals surface area contributed by atoms with Crippen LogP contribution in [0.5, 0.6) is 5.75 Å². The lowest BCUT2D eigenvalue weighted by atomic mass is 10.3. The number of nitrogens with one attached hydrogen (secondary N) is 1. The van der Waals surface area contributed by atoms with Crippen molar-refractivity contribution in [3.8, 4) is 5.75 Å². The third-order valence-corrected chi connectivity index (χ3v) is 6.49. The maximum atomic E-state index is 12.1. The van der Waals surface area contributed by atoms with E-state index in [9.17, 15) is 4.79 Å². The third-order valence-electron chi connectivity index (χ3n) is 3.14. The third kappa shape index (κ3) is 5.17. The van der Waals surface area contributed by atoms with Crippen LogP contribution in [0.4, 0.5) is 0 Å². The second-order valence-corrected chi connectivity index (χ2v) is 9.23. The standard InChI is InChI=1S/C18H22NO3PS/c1-14(2)21-18(20)15(3)19-23(24,17-12-8-5-9-13-17)22-16-10-6-4-7-11-16/h4-15H,1-3H3,(H,19,24)/t15-,23?/m0/s1. The average molecular weight is 363 g/mol. The lowest BCUT2D eigenvalue weighted by molar-refractivity contribution is -0.148. The summed E-state index contributed by atoms with van der Waals surface area (Å²) in [6, 6.07) is 18.4. The van der Waals surface area contributed by atoms with Gasteiger partial charge in [-0.15, -0.1) is 0 Å². The summed E-state index contributed by atoms with van der Waals surface area (Å²) < 4.78 is 11.4. The molecule has 0 bridgehead atoms. The van der Waals surface area contributed by atoms with Crippen molar-refractivity contribution in [2.45, 2.75) is 32.9 Å². The van der Waals surface area contributed by atoms with E-state index in [0.29, 0.717) is 5.75 Å². The summed E-state index contributed by atoms with van der Waals surface area (Å²) in [5.41, 5.74) is 0. The fourth-order valence-corrected chi connectivity index (χ4v) is 5.05. The zero-order valence-corrected chi connectivity index (χ0v) is 15.7. The molecular weight excluding hydrogens is 341 g/mol. The number of hydrogen-bond donors (Lipinski definition) is 1. The van der Waals surface area contributed by atoms with Crippen LogP contribution >= 0.6 is 6.42 Å². The minimum atomic E-state index is -2.66. The molecule has 0 heterocycles. The Labute approximate surface area is 148 Å². The number of benzene rings is 2. The molecular formula is C18H22NO3PS. The smallest absolute Gasteiger partial charge is 0.323 e. The van der Waals surface area contributed by atoms with Crippen molar-refractivity contribution in [1.82, 2.24) is 5.09 Å². The van der Waals surface area contributed by atoms with Gasteiger partial charge in [0.2, 0.25) is 6.42 Å². The van der Waals surface area contributed by atoms with Crippen molar-refractivity contribution in [2.24, 2.45) is 0 Å². The van der Waals surface area contributed by atoms with E-state index >= 15 is 0 Å². The van der Waals surface area contributed by atoms with E-state index < -0.39 is 12.5 Å². The molecule has 0 aliphatic carbocycles. The first-order valence-corrected chi connectivity index (χ1v) is 10.5. The summed E-state index contributed by atoms with van der Waals surface area (Å²) in [7, 11) is 0. The zero-order chi connectivity index (χ0) is 17.6. The molecule has 0 radical (unpaired) electrons. The number of hydrogen-bond acceptors (Lipinski definition) is 4. The molecule has 0 saturated carbocycles. The number of carbonyl (C=O) groups is 1. The Morgan fingerprint density at radius 2 is 1.54 bits per heavy atom. The van der Waals surface area contributed by atoms with Crippen LogP contribution in [0.2, 0.25) is 0 Å². The molecule has 0 aliphatic heterocycles. The topological polar surface area (TPSA) is 47.6 Å². The van der Waals surface area contributed by atoms with Crippen LogP contribution in [-0.4, -0.2) is 18.1 Å². The van der Waals surface area contributed by atoms with E-state index in [-0.39, 0.29) is 12.1 Å². The normalized spacial score (nSPS) is 14.7. The lowest BCUT2D eigenvalue weighted by Crippen LogP contribution is -2.38. The van der Waals surface area contributed by atoms with Crippen molar-refractivity contribution in [3.05, 3.63) is 60.7 Å². The van der Waals surface area contributed by atoms with Crippen LogP contribution in [0.15, 0.2) is 60.7 Å². The molecule has 0 aromatic heterocycles. The quantitative estimate of drug-likeness (QED) is 0.601. The summed E-state index contributed by atoms with van der Waals surface area (Å²) in [6.07, 6.45) is -2.84. The summed E-state index contributed by atoms with van der Waals surface area (Å²) in [6.45, 7) is 5.37. The van der Waals surface area contributed by atoms with Crippen molar-refractivity contribution < 1.29 is 14.1 Å².